The summed E-state index contributed by atoms with van der Waals surface area (Å²) < 4.78 is 29.4. The molecule has 18 heavy (non-hydrogen) atoms. The maximum absolute atomic E-state index is 10.4. The molecule has 106 valence electrons. The Labute approximate surface area is 154 Å². The van der Waals surface area contributed by atoms with Crippen molar-refractivity contribution in [2.75, 3.05) is 5.75 Å². The first-order valence-corrected chi connectivity index (χ1v) is 8.12. The van der Waals surface area contributed by atoms with Gasteiger partial charge in [0.2, 0.25) is 0 Å². The molecule has 0 saturated carbocycles. The topological polar surface area (TPSA) is 54.4 Å². The minimum atomic E-state index is -3.73. The Morgan fingerprint density at radius 1 is 0.778 bits per heavy atom. The Morgan fingerprint density at radius 2 is 1.11 bits per heavy atom. The summed E-state index contributed by atoms with van der Waals surface area (Å²) in [6.45, 7) is 2.22. The predicted octanol–water partition coefficient (Wildman–Crippen LogP) is 1.96. The van der Waals surface area contributed by atoms with Gasteiger partial charge in [0.25, 0.3) is 10.1 Å². The molecule has 0 radical (unpaired) electrons. The summed E-state index contributed by atoms with van der Waals surface area (Å²) in [5, 5.41) is 0. The first kappa shape index (κ1) is 24.8. The van der Waals surface area contributed by atoms with Gasteiger partial charge in [0.1, 0.15) is 0 Å². The van der Waals surface area contributed by atoms with Gasteiger partial charge < -0.3 is 0 Å². The third-order valence-electron chi connectivity index (χ3n) is 2.76. The van der Waals surface area contributed by atoms with Crippen LogP contribution in [0.15, 0.2) is 0 Å². The molecular weight excluding hydrogens is 362 g/mol. The zero-order valence-electron chi connectivity index (χ0n) is 10.5. The van der Waals surface area contributed by atoms with E-state index in [1.165, 1.54) is 44.9 Å². The molecule has 0 rings (SSSR count). The maximum atomic E-state index is 10.4. The average Bonchev–Trinajstić information content (AvgIpc) is 2.19. The summed E-state index contributed by atoms with van der Waals surface area (Å²) in [5.41, 5.74) is 0. The van der Waals surface area contributed by atoms with Gasteiger partial charge in [-0.25, -0.2) is 0 Å². The first-order valence-electron chi connectivity index (χ1n) is 6.51. The van der Waals surface area contributed by atoms with Gasteiger partial charge in [0, 0.05) is 0 Å². The molecule has 0 aliphatic carbocycles. The van der Waals surface area contributed by atoms with Gasteiger partial charge in [-0.1, -0.05) is 64.7 Å². The Balaban J connectivity index is -0.00000112. The van der Waals surface area contributed by atoms with Crippen LogP contribution < -0.4 is 0 Å². The Hall–Kier alpha value is 1.78. The fourth-order valence-corrected chi connectivity index (χ4v) is 2.34. The van der Waals surface area contributed by atoms with Crippen molar-refractivity contribution in [3.63, 3.8) is 0 Å². The van der Waals surface area contributed by atoms with Crippen LogP contribution in [0.3, 0.4) is 0 Å². The fraction of sp³-hybridized carbons (Fsp3) is 1.00. The summed E-state index contributed by atoms with van der Waals surface area (Å²) >= 11 is 0. The molecule has 1 N–H and O–H groups in total. The van der Waals surface area contributed by atoms with Gasteiger partial charge in [-0.05, 0) is 6.42 Å². The van der Waals surface area contributed by atoms with Crippen molar-refractivity contribution in [1.29, 1.82) is 0 Å². The molecule has 6 heteroatoms. The number of rotatable bonds is 11. The van der Waals surface area contributed by atoms with Crippen molar-refractivity contribution in [2.24, 2.45) is 0 Å². The molecule has 0 aromatic rings. The van der Waals surface area contributed by atoms with E-state index in [1.807, 2.05) is 0 Å². The monoisotopic (exact) mass is 392 g/mol. The molecule has 0 fully saturated rings. The predicted molar refractivity (Wildman–Crippen MR) is 85.3 cm³/mol. The van der Waals surface area contributed by atoms with Gasteiger partial charge in [-0.2, -0.15) is 8.42 Å². The molecule has 0 atom stereocenters. The van der Waals surface area contributed by atoms with Crippen LogP contribution in [0.25, 0.3) is 0 Å². The van der Waals surface area contributed by atoms with E-state index in [9.17, 15) is 8.42 Å². The molecule has 0 unspecified atom stereocenters. The van der Waals surface area contributed by atoms with Crippen LogP contribution in [0.4, 0.5) is 0 Å². The van der Waals surface area contributed by atoms with Crippen molar-refractivity contribution in [3.05, 3.63) is 0 Å². The van der Waals surface area contributed by atoms with Crippen LogP contribution in [0, 0.1) is 0 Å². The van der Waals surface area contributed by atoms with E-state index in [0.29, 0.717) is 6.42 Å². The molecule has 0 aromatic carbocycles. The quantitative estimate of drug-likeness (QED) is 0.332. The summed E-state index contributed by atoms with van der Waals surface area (Å²) in [4.78, 5) is 0. The van der Waals surface area contributed by atoms with Crippen LogP contribution in [-0.2, 0) is 10.1 Å². The van der Waals surface area contributed by atoms with Gasteiger partial charge in [0.15, 0.2) is 0 Å². The summed E-state index contributed by atoms with van der Waals surface area (Å²) in [6.07, 6.45) is 11.7. The molecule has 0 aliphatic rings. The number of hydrogen-bond donors (Lipinski definition) is 1. The van der Waals surface area contributed by atoms with E-state index < -0.39 is 10.1 Å². The summed E-state index contributed by atoms with van der Waals surface area (Å²) in [7, 11) is -3.73. The molecule has 0 heterocycles. The van der Waals surface area contributed by atoms with E-state index in [0.717, 1.165) is 12.8 Å². The fourth-order valence-electron chi connectivity index (χ4n) is 1.77. The Morgan fingerprint density at radius 3 is 1.44 bits per heavy atom. The molecule has 0 amide bonds. The number of hydrogen-bond acceptors (Lipinski definition) is 2. The molecule has 0 bridgehead atoms. The van der Waals surface area contributed by atoms with Crippen LogP contribution in [0.2, 0.25) is 0 Å². The summed E-state index contributed by atoms with van der Waals surface area (Å²) in [5.74, 6) is -0.0799. The van der Waals surface area contributed by atoms with Crippen LogP contribution in [-0.4, -0.2) is 74.1 Å². The molecule has 0 spiro atoms. The second-order valence-corrected chi connectivity index (χ2v) is 6.04. The van der Waals surface area contributed by atoms with Crippen LogP contribution in [0.1, 0.15) is 71.1 Å². The van der Waals surface area contributed by atoms with Crippen LogP contribution >= 0.6 is 0 Å². The normalized spacial score (nSPS) is 10.6. The molecule has 0 aliphatic heterocycles. The van der Waals surface area contributed by atoms with Crippen molar-refractivity contribution in [2.45, 2.75) is 71.1 Å². The van der Waals surface area contributed by atoms with Crippen molar-refractivity contribution >= 4 is 65.5 Å². The van der Waals surface area contributed by atoms with E-state index in [1.54, 1.807) is 0 Å². The van der Waals surface area contributed by atoms with Gasteiger partial charge in [0.05, 0.1) is 5.75 Å². The van der Waals surface area contributed by atoms with E-state index in [2.05, 4.69) is 6.92 Å². The second kappa shape index (κ2) is 16.8. The van der Waals surface area contributed by atoms with Gasteiger partial charge in [-0.15, -0.1) is 0 Å². The summed E-state index contributed by atoms with van der Waals surface area (Å²) in [6, 6.07) is 0. The van der Waals surface area contributed by atoms with E-state index in [-0.39, 0.29) is 61.2 Å². The standard InChI is InChI=1S/C12H26O3S.In.Na.4H/c1-2-3-4-5-6-7-8-9-10-11-12-16(13,14)15;;;;;;/h2-12H2,1H3,(H,13,14,15);;;;;;. The Bertz CT molecular complexity index is 246. The average molecular weight is 392 g/mol. The zero-order chi connectivity index (χ0) is 12.3. The van der Waals surface area contributed by atoms with Gasteiger partial charge in [-0.3, -0.25) is 4.55 Å². The van der Waals surface area contributed by atoms with Crippen LogP contribution in [0.5, 0.6) is 0 Å². The number of unbranched alkanes of at least 4 members (excludes halogenated alkanes) is 9. The first-order chi connectivity index (χ1) is 7.56. The molecule has 0 aromatic heterocycles. The van der Waals surface area contributed by atoms with Crippen molar-refractivity contribution in [1.82, 2.24) is 0 Å². The zero-order valence-corrected chi connectivity index (χ0v) is 11.3. The SMILES string of the molecule is CCCCCCCCCCCCS(=O)(=O)O.[InH3].[NaH]. The van der Waals surface area contributed by atoms with Crippen molar-refractivity contribution in [3.8, 4) is 0 Å². The third-order valence-corrected chi connectivity index (χ3v) is 3.56. The third kappa shape index (κ3) is 22.9. The second-order valence-electron chi connectivity index (χ2n) is 4.47. The van der Waals surface area contributed by atoms with E-state index in [4.69, 9.17) is 4.55 Å². The molecule has 3 nitrogen and oxygen atoms in total. The Kier molecular flexibility index (Phi) is 23.2. The van der Waals surface area contributed by atoms with Gasteiger partial charge >= 0.3 is 55.4 Å². The van der Waals surface area contributed by atoms with E-state index >= 15 is 0 Å². The minimum absolute atomic E-state index is 0. The molecular formula is C12H30InNaO3S. The molecule has 0 saturated heterocycles. The van der Waals surface area contributed by atoms with Crippen molar-refractivity contribution < 1.29 is 13.0 Å².